The maximum absolute atomic E-state index is 13.2. The Kier molecular flexibility index (Phi) is 6.24. The van der Waals surface area contributed by atoms with E-state index in [1.807, 2.05) is 56.0 Å². The van der Waals surface area contributed by atoms with Crippen molar-refractivity contribution in [2.75, 3.05) is 18.8 Å². The van der Waals surface area contributed by atoms with Crippen LogP contribution in [0.4, 0.5) is 0 Å². The lowest BCUT2D eigenvalue weighted by Crippen LogP contribution is -2.56. The molecule has 1 unspecified atom stereocenters. The zero-order valence-electron chi connectivity index (χ0n) is 17.9. The summed E-state index contributed by atoms with van der Waals surface area (Å²) in [6, 6.07) is 16.6. The van der Waals surface area contributed by atoms with Crippen LogP contribution in [0.3, 0.4) is 0 Å². The molecule has 2 aromatic carbocycles. The zero-order valence-corrected chi connectivity index (χ0v) is 18.7. The van der Waals surface area contributed by atoms with Crippen LogP contribution in [0.2, 0.25) is 0 Å². The Bertz CT molecular complexity index is 981. The third-order valence-corrected chi connectivity index (χ3v) is 7.06. The number of esters is 1. The number of hydrogen-bond donors (Lipinski definition) is 0. The van der Waals surface area contributed by atoms with Crippen molar-refractivity contribution in [2.24, 2.45) is 0 Å². The summed E-state index contributed by atoms with van der Waals surface area (Å²) in [5, 5.41) is 0. The molecule has 30 heavy (non-hydrogen) atoms. The molecule has 0 amide bonds. The van der Waals surface area contributed by atoms with Crippen molar-refractivity contribution in [3.05, 3.63) is 65.7 Å². The number of sulfone groups is 1. The number of carbonyl (C=O) groups excluding carboxylic acids is 1. The van der Waals surface area contributed by atoms with E-state index in [1.165, 1.54) is 6.92 Å². The number of rotatable bonds is 5. The predicted molar refractivity (Wildman–Crippen MR) is 116 cm³/mol. The average Bonchev–Trinajstić information content (AvgIpc) is 2.64. The van der Waals surface area contributed by atoms with Crippen molar-refractivity contribution in [3.8, 4) is 5.75 Å². The van der Waals surface area contributed by atoms with Gasteiger partial charge < -0.3 is 9.47 Å². The third kappa shape index (κ3) is 5.02. The minimum Gasteiger partial charge on any atom is -0.488 e. The molecule has 6 nitrogen and oxygen atoms in total. The first-order chi connectivity index (χ1) is 14.0. The van der Waals surface area contributed by atoms with E-state index >= 15 is 0 Å². The highest BCUT2D eigenvalue weighted by Gasteiger charge is 2.52. The molecule has 0 radical (unpaired) electrons. The number of hydrogen-bond acceptors (Lipinski definition) is 6. The second kappa shape index (κ2) is 8.40. The van der Waals surface area contributed by atoms with Crippen LogP contribution in [0.1, 0.15) is 38.8 Å². The lowest BCUT2D eigenvalue weighted by molar-refractivity contribution is -0.152. The molecule has 1 fully saturated rings. The van der Waals surface area contributed by atoms with Crippen LogP contribution in [0, 0.1) is 0 Å². The highest BCUT2D eigenvalue weighted by molar-refractivity contribution is 7.92. The Hall–Kier alpha value is -2.38. The summed E-state index contributed by atoms with van der Waals surface area (Å²) in [5.41, 5.74) is 1.12. The van der Waals surface area contributed by atoms with Gasteiger partial charge in [-0.05, 0) is 38.5 Å². The second-order valence-corrected chi connectivity index (χ2v) is 10.9. The van der Waals surface area contributed by atoms with Gasteiger partial charge in [0.15, 0.2) is 9.84 Å². The fourth-order valence-corrected chi connectivity index (χ4v) is 5.60. The molecule has 0 N–H and O–H groups in total. The number of nitrogens with zero attached hydrogens (tertiary/aromatic N) is 1. The molecule has 2 aromatic rings. The molecular weight excluding hydrogens is 402 g/mol. The first kappa shape index (κ1) is 22.3. The van der Waals surface area contributed by atoms with E-state index in [0.29, 0.717) is 24.4 Å². The topological polar surface area (TPSA) is 72.9 Å². The van der Waals surface area contributed by atoms with Gasteiger partial charge in [-0.25, -0.2) is 8.42 Å². The van der Waals surface area contributed by atoms with Gasteiger partial charge in [0.1, 0.15) is 11.4 Å². The molecule has 0 spiro atoms. The minimum atomic E-state index is -3.73. The van der Waals surface area contributed by atoms with Crippen molar-refractivity contribution in [1.29, 1.82) is 0 Å². The minimum absolute atomic E-state index is 0.0727. The Labute approximate surface area is 178 Å². The highest BCUT2D eigenvalue weighted by atomic mass is 32.2. The van der Waals surface area contributed by atoms with Crippen molar-refractivity contribution >= 4 is 15.8 Å². The number of carbonyl (C=O) groups is 1. The molecule has 1 saturated heterocycles. The van der Waals surface area contributed by atoms with E-state index in [9.17, 15) is 13.2 Å². The predicted octanol–water partition coefficient (Wildman–Crippen LogP) is 3.51. The molecule has 0 bridgehead atoms. The van der Waals surface area contributed by atoms with Gasteiger partial charge in [-0.3, -0.25) is 9.69 Å². The van der Waals surface area contributed by atoms with Gasteiger partial charge in [0.2, 0.25) is 4.93 Å². The quantitative estimate of drug-likeness (QED) is 0.675. The highest BCUT2D eigenvalue weighted by Crippen LogP contribution is 2.38. The van der Waals surface area contributed by atoms with Gasteiger partial charge >= 0.3 is 5.97 Å². The first-order valence-corrected chi connectivity index (χ1v) is 11.6. The molecule has 1 atom stereocenters. The molecule has 3 rings (SSSR count). The lowest BCUT2D eigenvalue weighted by atomic mass is 10.1. The maximum Gasteiger partial charge on any atom is 0.304 e. The van der Waals surface area contributed by atoms with Crippen molar-refractivity contribution in [2.45, 2.75) is 44.8 Å². The molecular formula is C23H29NO5S. The third-order valence-electron chi connectivity index (χ3n) is 4.89. The van der Waals surface area contributed by atoms with Crippen LogP contribution >= 0.6 is 0 Å². The summed E-state index contributed by atoms with van der Waals surface area (Å²) in [6.45, 7) is 8.08. The molecule has 0 saturated carbocycles. The van der Waals surface area contributed by atoms with Crippen LogP contribution in [-0.4, -0.2) is 43.7 Å². The van der Waals surface area contributed by atoms with E-state index < -0.39 is 20.7 Å². The van der Waals surface area contributed by atoms with Crippen molar-refractivity contribution in [1.82, 2.24) is 4.90 Å². The smallest absolute Gasteiger partial charge is 0.304 e. The normalized spacial score (nSPS) is 21.7. The molecule has 1 aliphatic heterocycles. The Balaban J connectivity index is 1.97. The standard InChI is InChI=1S/C23H29NO5S/c1-18(25)28-23(20-10-12-21(13-11-20)29-22(2,3)4)17-24(14-15-30(23,26)27)16-19-8-6-5-7-9-19/h5-13H,14-17H2,1-4H3. The van der Waals surface area contributed by atoms with Crippen LogP contribution in [0.15, 0.2) is 54.6 Å². The fourth-order valence-electron chi connectivity index (χ4n) is 3.65. The van der Waals surface area contributed by atoms with Gasteiger partial charge in [0, 0.05) is 25.6 Å². The summed E-state index contributed by atoms with van der Waals surface area (Å²) >= 11 is 0. The van der Waals surface area contributed by atoms with E-state index in [0.717, 1.165) is 5.56 Å². The zero-order chi connectivity index (χ0) is 22.0. The molecule has 0 aromatic heterocycles. The van der Waals surface area contributed by atoms with Gasteiger partial charge in [-0.15, -0.1) is 0 Å². The maximum atomic E-state index is 13.2. The van der Waals surface area contributed by atoms with E-state index in [4.69, 9.17) is 9.47 Å². The lowest BCUT2D eigenvalue weighted by Gasteiger charge is -2.41. The largest absolute Gasteiger partial charge is 0.488 e. The molecule has 1 heterocycles. The molecule has 0 aliphatic carbocycles. The van der Waals surface area contributed by atoms with Gasteiger partial charge in [-0.2, -0.15) is 0 Å². The van der Waals surface area contributed by atoms with Crippen molar-refractivity contribution in [3.63, 3.8) is 0 Å². The summed E-state index contributed by atoms with van der Waals surface area (Å²) < 4.78 is 37.9. The van der Waals surface area contributed by atoms with Crippen LogP contribution in [0.25, 0.3) is 0 Å². The monoisotopic (exact) mass is 431 g/mol. The fraction of sp³-hybridized carbons (Fsp3) is 0.435. The Morgan fingerprint density at radius 3 is 2.27 bits per heavy atom. The van der Waals surface area contributed by atoms with Gasteiger partial charge in [0.25, 0.3) is 0 Å². The van der Waals surface area contributed by atoms with Crippen molar-refractivity contribution < 1.29 is 22.7 Å². The summed E-state index contributed by atoms with van der Waals surface area (Å²) in [5.74, 6) is -0.0957. The SMILES string of the molecule is CC(=O)OC1(c2ccc(OC(C)(C)C)cc2)CN(Cc2ccccc2)CCS1(=O)=O. The number of benzene rings is 2. The van der Waals surface area contributed by atoms with E-state index in [-0.39, 0.29) is 17.9 Å². The first-order valence-electron chi connectivity index (χ1n) is 9.98. The summed E-state index contributed by atoms with van der Waals surface area (Å²) in [7, 11) is -3.73. The molecule has 1 aliphatic rings. The Morgan fingerprint density at radius 1 is 1.07 bits per heavy atom. The van der Waals surface area contributed by atoms with E-state index in [1.54, 1.807) is 24.3 Å². The van der Waals surface area contributed by atoms with Crippen LogP contribution in [-0.2, 0) is 30.8 Å². The molecule has 162 valence electrons. The average molecular weight is 432 g/mol. The second-order valence-electron chi connectivity index (χ2n) is 8.60. The summed E-state index contributed by atoms with van der Waals surface area (Å²) in [4.78, 5) is 12.2. The van der Waals surface area contributed by atoms with Crippen LogP contribution in [0.5, 0.6) is 5.75 Å². The summed E-state index contributed by atoms with van der Waals surface area (Å²) in [6.07, 6.45) is 0. The molecule has 7 heteroatoms. The van der Waals surface area contributed by atoms with Gasteiger partial charge in [0.05, 0.1) is 12.3 Å². The van der Waals surface area contributed by atoms with Gasteiger partial charge in [-0.1, -0.05) is 42.5 Å². The van der Waals surface area contributed by atoms with Crippen LogP contribution < -0.4 is 4.74 Å². The number of ether oxygens (including phenoxy) is 2. The van der Waals surface area contributed by atoms with E-state index in [2.05, 4.69) is 0 Å². The Morgan fingerprint density at radius 2 is 1.70 bits per heavy atom.